The van der Waals surface area contributed by atoms with Gasteiger partial charge in [-0.1, -0.05) is 6.07 Å². The van der Waals surface area contributed by atoms with Crippen LogP contribution < -0.4 is 10.6 Å². The molecule has 2 aromatic rings. The maximum atomic E-state index is 12.2. The highest BCUT2D eigenvalue weighted by Crippen LogP contribution is 2.18. The SMILES string of the molecule is CCNc1ncc(Br)cc1C(=O)NCc1cccs1. The van der Waals surface area contributed by atoms with E-state index in [2.05, 4.69) is 31.5 Å². The Morgan fingerprint density at radius 2 is 2.37 bits per heavy atom. The second kappa shape index (κ2) is 6.68. The highest BCUT2D eigenvalue weighted by atomic mass is 79.9. The Bertz CT molecular complexity index is 557. The summed E-state index contributed by atoms with van der Waals surface area (Å²) in [4.78, 5) is 17.5. The van der Waals surface area contributed by atoms with Gasteiger partial charge in [-0.3, -0.25) is 4.79 Å². The van der Waals surface area contributed by atoms with E-state index in [9.17, 15) is 4.79 Å². The summed E-state index contributed by atoms with van der Waals surface area (Å²) >= 11 is 4.96. The van der Waals surface area contributed by atoms with E-state index in [0.717, 1.165) is 15.9 Å². The van der Waals surface area contributed by atoms with Gasteiger partial charge in [0.2, 0.25) is 0 Å². The smallest absolute Gasteiger partial charge is 0.255 e. The molecule has 1 amide bonds. The van der Waals surface area contributed by atoms with E-state index in [4.69, 9.17) is 0 Å². The molecular weight excluding hydrogens is 326 g/mol. The highest BCUT2D eigenvalue weighted by molar-refractivity contribution is 9.10. The Labute approximate surface area is 124 Å². The molecule has 100 valence electrons. The topological polar surface area (TPSA) is 54.0 Å². The quantitative estimate of drug-likeness (QED) is 0.878. The number of carbonyl (C=O) groups excluding carboxylic acids is 1. The van der Waals surface area contributed by atoms with Crippen molar-refractivity contribution in [2.24, 2.45) is 0 Å². The van der Waals surface area contributed by atoms with E-state index in [1.807, 2.05) is 24.4 Å². The van der Waals surface area contributed by atoms with Gasteiger partial charge in [-0.2, -0.15) is 0 Å². The Hall–Kier alpha value is -1.40. The third kappa shape index (κ3) is 3.78. The van der Waals surface area contributed by atoms with Crippen LogP contribution in [0.4, 0.5) is 5.82 Å². The van der Waals surface area contributed by atoms with Crippen molar-refractivity contribution in [2.45, 2.75) is 13.5 Å². The van der Waals surface area contributed by atoms with Crippen molar-refractivity contribution in [3.63, 3.8) is 0 Å². The van der Waals surface area contributed by atoms with Crippen LogP contribution in [0.2, 0.25) is 0 Å². The molecule has 19 heavy (non-hydrogen) atoms. The van der Waals surface area contributed by atoms with E-state index in [0.29, 0.717) is 17.9 Å². The summed E-state index contributed by atoms with van der Waals surface area (Å²) in [5.41, 5.74) is 0.549. The molecule has 0 bridgehead atoms. The number of aromatic nitrogens is 1. The number of anilines is 1. The van der Waals surface area contributed by atoms with Crippen LogP contribution in [0.1, 0.15) is 22.2 Å². The predicted octanol–water partition coefficient (Wildman–Crippen LogP) is 3.27. The molecule has 0 saturated carbocycles. The first-order chi connectivity index (χ1) is 9.20. The number of nitrogens with one attached hydrogen (secondary N) is 2. The van der Waals surface area contributed by atoms with Crippen LogP contribution in [0.3, 0.4) is 0 Å². The second-order valence-electron chi connectivity index (χ2n) is 3.84. The van der Waals surface area contributed by atoms with Crippen LogP contribution in [-0.2, 0) is 6.54 Å². The van der Waals surface area contributed by atoms with E-state index in [1.54, 1.807) is 23.6 Å². The van der Waals surface area contributed by atoms with Gasteiger partial charge in [0.15, 0.2) is 0 Å². The first-order valence-electron chi connectivity index (χ1n) is 5.90. The maximum Gasteiger partial charge on any atom is 0.255 e. The molecule has 0 unspecified atom stereocenters. The van der Waals surface area contributed by atoms with Crippen LogP contribution in [0.5, 0.6) is 0 Å². The van der Waals surface area contributed by atoms with E-state index in [-0.39, 0.29) is 5.91 Å². The van der Waals surface area contributed by atoms with Gasteiger partial charge in [0, 0.05) is 22.1 Å². The van der Waals surface area contributed by atoms with E-state index in [1.165, 1.54) is 0 Å². The second-order valence-corrected chi connectivity index (χ2v) is 5.79. The highest BCUT2D eigenvalue weighted by Gasteiger charge is 2.12. The predicted molar refractivity (Wildman–Crippen MR) is 81.6 cm³/mol. The number of nitrogens with zero attached hydrogens (tertiary/aromatic N) is 1. The number of amides is 1. The number of hydrogen-bond acceptors (Lipinski definition) is 4. The van der Waals surface area contributed by atoms with Crippen molar-refractivity contribution in [3.8, 4) is 0 Å². The van der Waals surface area contributed by atoms with Crippen molar-refractivity contribution in [1.82, 2.24) is 10.3 Å². The van der Waals surface area contributed by atoms with Gasteiger partial charge in [-0.25, -0.2) is 4.98 Å². The number of thiophene rings is 1. The van der Waals surface area contributed by atoms with E-state index < -0.39 is 0 Å². The van der Waals surface area contributed by atoms with Crippen molar-refractivity contribution in [2.75, 3.05) is 11.9 Å². The normalized spacial score (nSPS) is 10.2. The number of halogens is 1. The number of hydrogen-bond donors (Lipinski definition) is 2. The molecule has 0 fully saturated rings. The Balaban J connectivity index is 2.11. The number of pyridine rings is 1. The maximum absolute atomic E-state index is 12.2. The van der Waals surface area contributed by atoms with Gasteiger partial charge in [-0.15, -0.1) is 11.3 Å². The monoisotopic (exact) mass is 339 g/mol. The summed E-state index contributed by atoms with van der Waals surface area (Å²) in [6.07, 6.45) is 1.67. The van der Waals surface area contributed by atoms with Crippen LogP contribution in [0.25, 0.3) is 0 Å². The molecule has 6 heteroatoms. The zero-order chi connectivity index (χ0) is 13.7. The number of carbonyl (C=O) groups is 1. The Morgan fingerprint density at radius 1 is 1.53 bits per heavy atom. The fourth-order valence-corrected chi connectivity index (χ4v) is 2.57. The molecule has 0 aliphatic carbocycles. The lowest BCUT2D eigenvalue weighted by molar-refractivity contribution is 0.0951. The molecule has 0 aromatic carbocycles. The molecule has 0 spiro atoms. The zero-order valence-electron chi connectivity index (χ0n) is 10.4. The van der Waals surface area contributed by atoms with Crippen LogP contribution in [0.15, 0.2) is 34.2 Å². The van der Waals surface area contributed by atoms with Crippen molar-refractivity contribution >= 4 is 39.0 Å². The van der Waals surface area contributed by atoms with Crippen molar-refractivity contribution in [1.29, 1.82) is 0 Å². The number of rotatable bonds is 5. The molecule has 2 rings (SSSR count). The summed E-state index contributed by atoms with van der Waals surface area (Å²) in [6, 6.07) is 5.74. The fourth-order valence-electron chi connectivity index (χ4n) is 1.60. The third-order valence-electron chi connectivity index (χ3n) is 2.45. The summed E-state index contributed by atoms with van der Waals surface area (Å²) < 4.78 is 0.787. The minimum Gasteiger partial charge on any atom is -0.370 e. The molecular formula is C13H14BrN3OS. The standard InChI is InChI=1S/C13H14BrN3OS/c1-2-15-12-11(6-9(14)7-16-12)13(18)17-8-10-4-3-5-19-10/h3-7H,2,8H2,1H3,(H,15,16)(H,17,18). The largest absolute Gasteiger partial charge is 0.370 e. The summed E-state index contributed by atoms with van der Waals surface area (Å²) in [5, 5.41) is 7.98. The van der Waals surface area contributed by atoms with Gasteiger partial charge in [0.1, 0.15) is 5.82 Å². The summed E-state index contributed by atoms with van der Waals surface area (Å²) in [7, 11) is 0. The van der Waals surface area contributed by atoms with Gasteiger partial charge >= 0.3 is 0 Å². The van der Waals surface area contributed by atoms with Gasteiger partial charge in [0.05, 0.1) is 12.1 Å². The van der Waals surface area contributed by atoms with Crippen LogP contribution in [-0.4, -0.2) is 17.4 Å². The molecule has 0 saturated heterocycles. The lowest BCUT2D eigenvalue weighted by Crippen LogP contribution is -2.24. The van der Waals surface area contributed by atoms with Crippen LogP contribution >= 0.6 is 27.3 Å². The zero-order valence-corrected chi connectivity index (χ0v) is 12.8. The molecule has 2 heterocycles. The summed E-state index contributed by atoms with van der Waals surface area (Å²) in [6.45, 7) is 3.23. The van der Waals surface area contributed by atoms with Gasteiger partial charge < -0.3 is 10.6 Å². The minimum atomic E-state index is -0.127. The fraction of sp³-hybridized carbons (Fsp3) is 0.231. The average Bonchev–Trinajstić information content (AvgIpc) is 2.91. The lowest BCUT2D eigenvalue weighted by atomic mass is 10.2. The first-order valence-corrected chi connectivity index (χ1v) is 7.58. The van der Waals surface area contributed by atoms with Crippen LogP contribution in [0, 0.1) is 0 Å². The summed E-state index contributed by atoms with van der Waals surface area (Å²) in [5.74, 6) is 0.479. The first kappa shape index (κ1) is 14.0. The lowest BCUT2D eigenvalue weighted by Gasteiger charge is -2.10. The third-order valence-corrected chi connectivity index (χ3v) is 3.76. The molecule has 2 N–H and O–H groups in total. The Kier molecular flexibility index (Phi) is 4.93. The van der Waals surface area contributed by atoms with E-state index >= 15 is 0 Å². The molecule has 4 nitrogen and oxygen atoms in total. The van der Waals surface area contributed by atoms with Crippen molar-refractivity contribution in [3.05, 3.63) is 44.7 Å². The molecule has 0 radical (unpaired) electrons. The molecule has 0 aliphatic heterocycles. The molecule has 0 aliphatic rings. The molecule has 2 aromatic heterocycles. The average molecular weight is 340 g/mol. The minimum absolute atomic E-state index is 0.127. The Morgan fingerprint density at radius 3 is 3.05 bits per heavy atom. The molecule has 0 atom stereocenters. The van der Waals surface area contributed by atoms with Gasteiger partial charge in [0.25, 0.3) is 5.91 Å². The van der Waals surface area contributed by atoms with Gasteiger partial charge in [-0.05, 0) is 40.4 Å². The van der Waals surface area contributed by atoms with Crippen molar-refractivity contribution < 1.29 is 4.79 Å².